The molecule has 0 saturated heterocycles. The average molecular weight is 321 g/mol. The predicted molar refractivity (Wildman–Crippen MR) is 78.4 cm³/mol. The third kappa shape index (κ3) is 3.29. The van der Waals surface area contributed by atoms with Gasteiger partial charge in [0.1, 0.15) is 5.82 Å². The quantitative estimate of drug-likeness (QED) is 0.912. The minimum Gasteiger partial charge on any atom is -0.372 e. The summed E-state index contributed by atoms with van der Waals surface area (Å²) in [6.07, 6.45) is 0. The Morgan fingerprint density at radius 3 is 2.58 bits per heavy atom. The number of halogens is 1. The third-order valence-corrected chi connectivity index (χ3v) is 3.44. The number of rotatable bonds is 3. The van der Waals surface area contributed by atoms with Crippen LogP contribution in [0.3, 0.4) is 0 Å². The first-order chi connectivity index (χ1) is 9.10. The SMILES string of the molecule is CNc1ccc(C(=O)Nc2ccc(C)c(Br)c2)nn1. The lowest BCUT2D eigenvalue weighted by Crippen LogP contribution is -2.14. The largest absolute Gasteiger partial charge is 0.372 e. The molecule has 0 bridgehead atoms. The minimum atomic E-state index is -0.286. The third-order valence-electron chi connectivity index (χ3n) is 2.58. The van der Waals surface area contributed by atoms with Crippen LogP contribution in [0.4, 0.5) is 11.5 Å². The fourth-order valence-electron chi connectivity index (χ4n) is 1.45. The van der Waals surface area contributed by atoms with E-state index in [-0.39, 0.29) is 11.6 Å². The molecule has 0 atom stereocenters. The summed E-state index contributed by atoms with van der Waals surface area (Å²) in [6.45, 7) is 1.98. The summed E-state index contributed by atoms with van der Waals surface area (Å²) in [7, 11) is 1.74. The Hall–Kier alpha value is -1.95. The Kier molecular flexibility index (Phi) is 4.11. The van der Waals surface area contributed by atoms with E-state index in [9.17, 15) is 4.79 Å². The summed E-state index contributed by atoms with van der Waals surface area (Å²) >= 11 is 3.42. The molecule has 2 rings (SSSR count). The number of aryl methyl sites for hydroxylation is 1. The van der Waals surface area contributed by atoms with Crippen molar-refractivity contribution in [2.75, 3.05) is 17.7 Å². The number of nitrogens with zero attached hydrogens (tertiary/aromatic N) is 2. The fourth-order valence-corrected chi connectivity index (χ4v) is 1.83. The second-order valence-corrected chi connectivity index (χ2v) is 4.83. The fraction of sp³-hybridized carbons (Fsp3) is 0.154. The molecule has 0 radical (unpaired) electrons. The van der Waals surface area contributed by atoms with Crippen molar-refractivity contribution in [3.63, 3.8) is 0 Å². The highest BCUT2D eigenvalue weighted by Crippen LogP contribution is 2.20. The van der Waals surface area contributed by atoms with Crippen molar-refractivity contribution in [2.45, 2.75) is 6.92 Å². The first-order valence-electron chi connectivity index (χ1n) is 5.69. The molecular weight excluding hydrogens is 308 g/mol. The van der Waals surface area contributed by atoms with Crippen molar-refractivity contribution in [2.24, 2.45) is 0 Å². The smallest absolute Gasteiger partial charge is 0.276 e. The van der Waals surface area contributed by atoms with Crippen LogP contribution in [0.15, 0.2) is 34.8 Å². The van der Waals surface area contributed by atoms with Gasteiger partial charge in [-0.1, -0.05) is 22.0 Å². The van der Waals surface area contributed by atoms with Crippen LogP contribution in [0.2, 0.25) is 0 Å². The monoisotopic (exact) mass is 320 g/mol. The molecule has 5 nitrogen and oxygen atoms in total. The van der Waals surface area contributed by atoms with Crippen LogP contribution < -0.4 is 10.6 Å². The van der Waals surface area contributed by atoms with Gasteiger partial charge in [-0.25, -0.2) is 0 Å². The molecule has 2 N–H and O–H groups in total. The first kappa shape index (κ1) is 13.5. The van der Waals surface area contributed by atoms with Crippen molar-refractivity contribution in [3.05, 3.63) is 46.1 Å². The second kappa shape index (κ2) is 5.79. The zero-order valence-electron chi connectivity index (χ0n) is 10.6. The lowest BCUT2D eigenvalue weighted by molar-refractivity contribution is 0.102. The van der Waals surface area contributed by atoms with Gasteiger partial charge < -0.3 is 10.6 Å². The number of anilines is 2. The Morgan fingerprint density at radius 1 is 1.21 bits per heavy atom. The molecule has 0 aliphatic rings. The van der Waals surface area contributed by atoms with Gasteiger partial charge in [0.2, 0.25) is 0 Å². The highest BCUT2D eigenvalue weighted by atomic mass is 79.9. The molecule has 0 fully saturated rings. The number of hydrogen-bond donors (Lipinski definition) is 2. The van der Waals surface area contributed by atoms with Gasteiger partial charge in [-0.2, -0.15) is 0 Å². The van der Waals surface area contributed by atoms with E-state index in [2.05, 4.69) is 36.8 Å². The molecule has 98 valence electrons. The van der Waals surface area contributed by atoms with E-state index in [0.717, 1.165) is 10.0 Å². The Morgan fingerprint density at radius 2 is 2.00 bits per heavy atom. The highest BCUT2D eigenvalue weighted by molar-refractivity contribution is 9.10. The summed E-state index contributed by atoms with van der Waals surface area (Å²) in [5.74, 6) is 0.334. The standard InChI is InChI=1S/C13H13BrN4O/c1-8-3-4-9(7-10(8)14)16-13(19)11-5-6-12(15-2)18-17-11/h3-7H,1-2H3,(H,15,18)(H,16,19). The van der Waals surface area contributed by atoms with Crippen LogP contribution in [-0.2, 0) is 0 Å². The van der Waals surface area contributed by atoms with E-state index in [4.69, 9.17) is 0 Å². The first-order valence-corrected chi connectivity index (χ1v) is 6.48. The van der Waals surface area contributed by atoms with E-state index in [1.807, 2.05) is 25.1 Å². The maximum Gasteiger partial charge on any atom is 0.276 e. The maximum atomic E-state index is 12.0. The summed E-state index contributed by atoms with van der Waals surface area (Å²) < 4.78 is 0.946. The Balaban J connectivity index is 2.13. The Bertz CT molecular complexity index is 598. The second-order valence-electron chi connectivity index (χ2n) is 3.97. The molecule has 6 heteroatoms. The Labute approximate surface area is 119 Å². The van der Waals surface area contributed by atoms with Crippen LogP contribution in [0.25, 0.3) is 0 Å². The summed E-state index contributed by atoms with van der Waals surface area (Å²) in [6, 6.07) is 8.94. The molecule has 0 aliphatic carbocycles. The number of benzene rings is 1. The normalized spacial score (nSPS) is 10.1. The van der Waals surface area contributed by atoms with Crippen LogP contribution in [0.1, 0.15) is 16.1 Å². The van der Waals surface area contributed by atoms with Crippen molar-refractivity contribution < 1.29 is 4.79 Å². The number of carbonyl (C=O) groups is 1. The number of aromatic nitrogens is 2. The zero-order valence-corrected chi connectivity index (χ0v) is 12.2. The van der Waals surface area contributed by atoms with Crippen molar-refractivity contribution in [3.8, 4) is 0 Å². The van der Waals surface area contributed by atoms with Gasteiger partial charge in [0.15, 0.2) is 5.69 Å². The topological polar surface area (TPSA) is 66.9 Å². The lowest BCUT2D eigenvalue weighted by Gasteiger charge is -2.06. The highest BCUT2D eigenvalue weighted by Gasteiger charge is 2.09. The van der Waals surface area contributed by atoms with Crippen molar-refractivity contribution >= 4 is 33.3 Å². The van der Waals surface area contributed by atoms with Crippen LogP contribution in [0.5, 0.6) is 0 Å². The van der Waals surface area contributed by atoms with Gasteiger partial charge >= 0.3 is 0 Å². The molecule has 0 spiro atoms. The van der Waals surface area contributed by atoms with Gasteiger partial charge in [-0.3, -0.25) is 4.79 Å². The molecule has 1 aromatic heterocycles. The van der Waals surface area contributed by atoms with E-state index in [0.29, 0.717) is 11.5 Å². The number of hydrogen-bond acceptors (Lipinski definition) is 4. The molecule has 0 saturated carbocycles. The summed E-state index contributed by atoms with van der Waals surface area (Å²) in [5, 5.41) is 13.3. The van der Waals surface area contributed by atoms with Gasteiger partial charge in [0, 0.05) is 17.2 Å². The van der Waals surface area contributed by atoms with Crippen LogP contribution in [-0.4, -0.2) is 23.2 Å². The van der Waals surface area contributed by atoms with Crippen LogP contribution in [0, 0.1) is 6.92 Å². The van der Waals surface area contributed by atoms with Gasteiger partial charge in [0.25, 0.3) is 5.91 Å². The van der Waals surface area contributed by atoms with Gasteiger partial charge in [0.05, 0.1) is 0 Å². The number of amides is 1. The van der Waals surface area contributed by atoms with E-state index < -0.39 is 0 Å². The molecular formula is C13H13BrN4O. The predicted octanol–water partition coefficient (Wildman–Crippen LogP) is 2.84. The average Bonchev–Trinajstić information content (AvgIpc) is 2.43. The van der Waals surface area contributed by atoms with Crippen molar-refractivity contribution in [1.82, 2.24) is 10.2 Å². The molecule has 0 aliphatic heterocycles. The van der Waals surface area contributed by atoms with Crippen LogP contribution >= 0.6 is 15.9 Å². The van der Waals surface area contributed by atoms with E-state index >= 15 is 0 Å². The number of nitrogens with one attached hydrogen (secondary N) is 2. The zero-order chi connectivity index (χ0) is 13.8. The molecule has 2 aromatic rings. The van der Waals surface area contributed by atoms with Gasteiger partial charge in [-0.15, -0.1) is 10.2 Å². The molecule has 1 heterocycles. The summed E-state index contributed by atoms with van der Waals surface area (Å²) in [5.41, 5.74) is 2.09. The van der Waals surface area contributed by atoms with Gasteiger partial charge in [-0.05, 0) is 36.8 Å². The maximum absolute atomic E-state index is 12.0. The molecule has 1 aromatic carbocycles. The number of carbonyl (C=O) groups excluding carboxylic acids is 1. The summed E-state index contributed by atoms with van der Waals surface area (Å²) in [4.78, 5) is 12.0. The van der Waals surface area contributed by atoms with Crippen molar-refractivity contribution in [1.29, 1.82) is 0 Å². The molecule has 19 heavy (non-hydrogen) atoms. The lowest BCUT2D eigenvalue weighted by atomic mass is 10.2. The minimum absolute atomic E-state index is 0.274. The van der Waals surface area contributed by atoms with E-state index in [1.165, 1.54) is 0 Å². The molecule has 0 unspecified atom stereocenters. The molecule has 1 amide bonds. The van der Waals surface area contributed by atoms with E-state index in [1.54, 1.807) is 19.2 Å².